The van der Waals surface area contributed by atoms with E-state index in [0.717, 1.165) is 5.56 Å². The summed E-state index contributed by atoms with van der Waals surface area (Å²) in [5.74, 6) is -0.000602. The third-order valence-electron chi connectivity index (χ3n) is 2.31. The van der Waals surface area contributed by atoms with Crippen molar-refractivity contribution < 1.29 is 9.90 Å². The molecule has 1 aromatic carbocycles. The van der Waals surface area contributed by atoms with Crippen LogP contribution in [0.3, 0.4) is 0 Å². The van der Waals surface area contributed by atoms with Gasteiger partial charge in [-0.2, -0.15) is 0 Å². The SMILES string of the molecule is CC(O)CC(C)NC(=O)Cc1ccccc1. The molecule has 0 radical (unpaired) electrons. The molecule has 1 amide bonds. The molecule has 0 saturated heterocycles. The van der Waals surface area contributed by atoms with Gasteiger partial charge >= 0.3 is 0 Å². The van der Waals surface area contributed by atoms with Crippen LogP contribution in [0, 0.1) is 0 Å². The van der Waals surface area contributed by atoms with Crippen LogP contribution in [-0.4, -0.2) is 23.2 Å². The van der Waals surface area contributed by atoms with E-state index in [9.17, 15) is 9.90 Å². The van der Waals surface area contributed by atoms with Crippen molar-refractivity contribution in [2.75, 3.05) is 0 Å². The number of carbonyl (C=O) groups is 1. The number of hydrogen-bond acceptors (Lipinski definition) is 2. The number of benzene rings is 1. The molecule has 0 fully saturated rings. The Balaban J connectivity index is 2.36. The summed E-state index contributed by atoms with van der Waals surface area (Å²) in [6, 6.07) is 9.63. The fourth-order valence-corrected chi connectivity index (χ4v) is 1.68. The van der Waals surface area contributed by atoms with E-state index in [1.54, 1.807) is 6.92 Å². The average Bonchev–Trinajstić information content (AvgIpc) is 2.17. The van der Waals surface area contributed by atoms with Gasteiger partial charge in [-0.05, 0) is 25.8 Å². The van der Waals surface area contributed by atoms with Gasteiger partial charge < -0.3 is 10.4 Å². The quantitative estimate of drug-likeness (QED) is 0.791. The maximum atomic E-state index is 11.6. The van der Waals surface area contributed by atoms with Crippen molar-refractivity contribution in [1.82, 2.24) is 5.32 Å². The first-order valence-corrected chi connectivity index (χ1v) is 5.59. The van der Waals surface area contributed by atoms with E-state index < -0.39 is 0 Å². The van der Waals surface area contributed by atoms with Crippen LogP contribution in [0.2, 0.25) is 0 Å². The van der Waals surface area contributed by atoms with Gasteiger partial charge in [0.05, 0.1) is 12.5 Å². The molecule has 1 rings (SSSR count). The number of amides is 1. The molecule has 16 heavy (non-hydrogen) atoms. The summed E-state index contributed by atoms with van der Waals surface area (Å²) in [4.78, 5) is 11.6. The monoisotopic (exact) mass is 221 g/mol. The lowest BCUT2D eigenvalue weighted by Crippen LogP contribution is -2.35. The van der Waals surface area contributed by atoms with Gasteiger partial charge in [-0.1, -0.05) is 30.3 Å². The Bertz CT molecular complexity index is 322. The molecular formula is C13H19NO2. The molecule has 0 heterocycles. The largest absolute Gasteiger partial charge is 0.393 e. The number of aliphatic hydroxyl groups excluding tert-OH is 1. The van der Waals surface area contributed by atoms with Gasteiger partial charge in [0.25, 0.3) is 0 Å². The van der Waals surface area contributed by atoms with Crippen molar-refractivity contribution in [3.8, 4) is 0 Å². The third-order valence-corrected chi connectivity index (χ3v) is 2.31. The van der Waals surface area contributed by atoms with E-state index in [1.165, 1.54) is 0 Å². The Morgan fingerprint density at radius 3 is 2.50 bits per heavy atom. The highest BCUT2D eigenvalue weighted by molar-refractivity contribution is 5.78. The average molecular weight is 221 g/mol. The van der Waals surface area contributed by atoms with Crippen LogP contribution in [0.4, 0.5) is 0 Å². The highest BCUT2D eigenvalue weighted by Crippen LogP contribution is 2.01. The van der Waals surface area contributed by atoms with Gasteiger partial charge in [-0.3, -0.25) is 4.79 Å². The number of aliphatic hydroxyl groups is 1. The van der Waals surface area contributed by atoms with Crippen LogP contribution in [0.5, 0.6) is 0 Å². The number of carbonyl (C=O) groups excluding carboxylic acids is 1. The lowest BCUT2D eigenvalue weighted by Gasteiger charge is -2.15. The van der Waals surface area contributed by atoms with Gasteiger partial charge in [0.15, 0.2) is 0 Å². The molecule has 3 heteroatoms. The molecule has 0 saturated carbocycles. The maximum Gasteiger partial charge on any atom is 0.224 e. The first-order valence-electron chi connectivity index (χ1n) is 5.59. The summed E-state index contributed by atoms with van der Waals surface area (Å²) >= 11 is 0. The summed E-state index contributed by atoms with van der Waals surface area (Å²) in [5.41, 5.74) is 1.00. The van der Waals surface area contributed by atoms with Gasteiger partial charge in [0.2, 0.25) is 5.91 Å². The highest BCUT2D eigenvalue weighted by Gasteiger charge is 2.09. The van der Waals surface area contributed by atoms with Crippen molar-refractivity contribution in [2.24, 2.45) is 0 Å². The lowest BCUT2D eigenvalue weighted by molar-refractivity contribution is -0.121. The Hall–Kier alpha value is -1.35. The predicted octanol–water partition coefficient (Wildman–Crippen LogP) is 1.50. The van der Waals surface area contributed by atoms with Crippen molar-refractivity contribution in [1.29, 1.82) is 0 Å². The topological polar surface area (TPSA) is 49.3 Å². The summed E-state index contributed by atoms with van der Waals surface area (Å²) in [6.45, 7) is 3.62. The van der Waals surface area contributed by atoms with Crippen molar-refractivity contribution in [2.45, 2.75) is 38.8 Å². The van der Waals surface area contributed by atoms with Gasteiger partial charge in [-0.25, -0.2) is 0 Å². The molecule has 0 aromatic heterocycles. The molecule has 3 nitrogen and oxygen atoms in total. The summed E-state index contributed by atoms with van der Waals surface area (Å²) in [5, 5.41) is 12.0. The highest BCUT2D eigenvalue weighted by atomic mass is 16.3. The van der Waals surface area contributed by atoms with Crippen LogP contribution in [0.25, 0.3) is 0 Å². The van der Waals surface area contributed by atoms with Crippen molar-refractivity contribution >= 4 is 5.91 Å². The lowest BCUT2D eigenvalue weighted by atomic mass is 10.1. The molecule has 2 unspecified atom stereocenters. The standard InChI is InChI=1S/C13H19NO2/c1-10(8-11(2)15)14-13(16)9-12-6-4-3-5-7-12/h3-7,10-11,15H,8-9H2,1-2H3,(H,14,16). The predicted molar refractivity (Wildman–Crippen MR) is 64.0 cm³/mol. The summed E-state index contributed by atoms with van der Waals surface area (Å²) in [6.07, 6.45) is 0.595. The van der Waals surface area contributed by atoms with Crippen molar-refractivity contribution in [3.63, 3.8) is 0 Å². The maximum absolute atomic E-state index is 11.6. The Kier molecular flexibility index (Phi) is 4.99. The van der Waals surface area contributed by atoms with Gasteiger partial charge in [0.1, 0.15) is 0 Å². The normalized spacial score (nSPS) is 14.2. The van der Waals surface area contributed by atoms with E-state index in [0.29, 0.717) is 12.8 Å². The molecule has 0 spiro atoms. The van der Waals surface area contributed by atoms with Crippen LogP contribution >= 0.6 is 0 Å². The molecule has 88 valence electrons. The van der Waals surface area contributed by atoms with Crippen LogP contribution < -0.4 is 5.32 Å². The zero-order valence-electron chi connectivity index (χ0n) is 9.81. The minimum Gasteiger partial charge on any atom is -0.393 e. The summed E-state index contributed by atoms with van der Waals surface area (Å²) < 4.78 is 0. The molecule has 2 N–H and O–H groups in total. The molecule has 0 aliphatic heterocycles. The van der Waals surface area contributed by atoms with Crippen molar-refractivity contribution in [3.05, 3.63) is 35.9 Å². The van der Waals surface area contributed by atoms with Gasteiger partial charge in [-0.15, -0.1) is 0 Å². The second-order valence-electron chi connectivity index (χ2n) is 4.22. The fourth-order valence-electron chi connectivity index (χ4n) is 1.68. The number of rotatable bonds is 5. The van der Waals surface area contributed by atoms with Crippen LogP contribution in [-0.2, 0) is 11.2 Å². The number of nitrogens with one attached hydrogen (secondary N) is 1. The zero-order chi connectivity index (χ0) is 12.0. The van der Waals surface area contributed by atoms with E-state index in [4.69, 9.17) is 0 Å². The molecule has 0 bridgehead atoms. The minimum absolute atomic E-state index is 0.000602. The van der Waals surface area contributed by atoms with E-state index in [1.807, 2.05) is 37.3 Å². The second kappa shape index (κ2) is 6.28. The smallest absolute Gasteiger partial charge is 0.224 e. The third kappa shape index (κ3) is 4.94. The van der Waals surface area contributed by atoms with E-state index in [-0.39, 0.29) is 18.1 Å². The molecular weight excluding hydrogens is 202 g/mol. The summed E-state index contributed by atoms with van der Waals surface area (Å²) in [7, 11) is 0. The zero-order valence-corrected chi connectivity index (χ0v) is 9.81. The van der Waals surface area contributed by atoms with Crippen LogP contribution in [0.15, 0.2) is 30.3 Å². The Labute approximate surface area is 96.5 Å². The molecule has 1 aromatic rings. The first kappa shape index (κ1) is 12.7. The second-order valence-corrected chi connectivity index (χ2v) is 4.22. The Morgan fingerprint density at radius 2 is 1.94 bits per heavy atom. The minimum atomic E-state index is -0.382. The Morgan fingerprint density at radius 1 is 1.31 bits per heavy atom. The fraction of sp³-hybridized carbons (Fsp3) is 0.462. The van der Waals surface area contributed by atoms with Gasteiger partial charge in [0, 0.05) is 6.04 Å². The first-order chi connectivity index (χ1) is 7.58. The van der Waals surface area contributed by atoms with E-state index in [2.05, 4.69) is 5.32 Å². The molecule has 0 aliphatic rings. The molecule has 0 aliphatic carbocycles. The number of hydrogen-bond donors (Lipinski definition) is 2. The van der Waals surface area contributed by atoms with E-state index >= 15 is 0 Å². The van der Waals surface area contributed by atoms with Crippen LogP contribution in [0.1, 0.15) is 25.8 Å². The molecule has 2 atom stereocenters.